The van der Waals surface area contributed by atoms with Crippen molar-refractivity contribution >= 4 is 17.2 Å². The van der Waals surface area contributed by atoms with Gasteiger partial charge < -0.3 is 11.1 Å². The summed E-state index contributed by atoms with van der Waals surface area (Å²) in [4.78, 5) is 11.4. The van der Waals surface area contributed by atoms with Crippen molar-refractivity contribution in [3.63, 3.8) is 0 Å². The Kier molecular flexibility index (Phi) is 2.84. The first kappa shape index (κ1) is 9.68. The molecule has 14 heavy (non-hydrogen) atoms. The van der Waals surface area contributed by atoms with Crippen LogP contribution in [0.15, 0.2) is 16.8 Å². The molecule has 2 rings (SSSR count). The van der Waals surface area contributed by atoms with Gasteiger partial charge in [-0.15, -0.1) is 0 Å². The quantitative estimate of drug-likeness (QED) is 0.770. The molecule has 76 valence electrons. The molecule has 1 saturated carbocycles. The number of hydrogen-bond donors (Lipinski definition) is 2. The molecule has 1 heterocycles. The minimum atomic E-state index is 0.0810. The number of amides is 1. The van der Waals surface area contributed by atoms with Crippen LogP contribution in [0.4, 0.5) is 0 Å². The molecule has 1 aromatic heterocycles. The predicted molar refractivity (Wildman–Crippen MR) is 57.1 cm³/mol. The van der Waals surface area contributed by atoms with Crippen LogP contribution in [0.2, 0.25) is 0 Å². The summed E-state index contributed by atoms with van der Waals surface area (Å²) in [6.45, 7) is 0.721. The molecule has 3 N–H and O–H groups in total. The van der Waals surface area contributed by atoms with Crippen molar-refractivity contribution in [1.82, 2.24) is 5.32 Å². The first-order valence-electron chi connectivity index (χ1n) is 4.82. The molecule has 0 aromatic carbocycles. The monoisotopic (exact) mass is 210 g/mol. The van der Waals surface area contributed by atoms with E-state index in [2.05, 4.69) is 16.8 Å². The summed E-state index contributed by atoms with van der Waals surface area (Å²) in [6, 6.07) is 2.19. The topological polar surface area (TPSA) is 55.1 Å². The second kappa shape index (κ2) is 4.11. The van der Waals surface area contributed by atoms with Crippen LogP contribution in [0.3, 0.4) is 0 Å². The highest BCUT2D eigenvalue weighted by Crippen LogP contribution is 2.27. The Labute approximate surface area is 87.3 Å². The van der Waals surface area contributed by atoms with Crippen molar-refractivity contribution < 1.29 is 4.79 Å². The summed E-state index contributed by atoms with van der Waals surface area (Å²) in [5.41, 5.74) is 6.86. The first-order valence-corrected chi connectivity index (χ1v) is 5.76. The predicted octanol–water partition coefficient (Wildman–Crippen LogP) is 0.754. The van der Waals surface area contributed by atoms with E-state index in [4.69, 9.17) is 5.73 Å². The minimum absolute atomic E-state index is 0.0810. The van der Waals surface area contributed by atoms with E-state index < -0.39 is 0 Å². The number of nitrogens with two attached hydrogens (primary N) is 1. The van der Waals surface area contributed by atoms with Gasteiger partial charge in [0.2, 0.25) is 5.91 Å². The third-order valence-corrected chi connectivity index (χ3v) is 3.20. The molecule has 4 heteroatoms. The fourth-order valence-corrected chi connectivity index (χ4v) is 2.12. The van der Waals surface area contributed by atoms with E-state index in [0.717, 1.165) is 19.4 Å². The van der Waals surface area contributed by atoms with Crippen molar-refractivity contribution in [2.45, 2.75) is 18.9 Å². The third kappa shape index (κ3) is 2.33. The Balaban J connectivity index is 1.66. The van der Waals surface area contributed by atoms with Crippen LogP contribution in [-0.2, 0) is 11.2 Å². The maximum atomic E-state index is 11.4. The van der Waals surface area contributed by atoms with E-state index >= 15 is 0 Å². The molecule has 3 nitrogen and oxygen atoms in total. The number of nitrogens with one attached hydrogen (secondary N) is 1. The summed E-state index contributed by atoms with van der Waals surface area (Å²) in [7, 11) is 0. The van der Waals surface area contributed by atoms with Crippen LogP contribution < -0.4 is 11.1 Å². The lowest BCUT2D eigenvalue weighted by atomic mass is 10.2. The normalized spacial score (nSPS) is 24.6. The second-order valence-corrected chi connectivity index (χ2v) is 4.46. The minimum Gasteiger partial charge on any atom is -0.355 e. The molecule has 1 amide bonds. The Morgan fingerprint density at radius 1 is 1.71 bits per heavy atom. The van der Waals surface area contributed by atoms with Gasteiger partial charge in [-0.2, -0.15) is 11.3 Å². The van der Waals surface area contributed by atoms with Crippen LogP contribution >= 0.6 is 11.3 Å². The zero-order chi connectivity index (χ0) is 9.97. The van der Waals surface area contributed by atoms with Crippen molar-refractivity contribution in [3.8, 4) is 0 Å². The van der Waals surface area contributed by atoms with E-state index in [1.54, 1.807) is 11.3 Å². The smallest absolute Gasteiger partial charge is 0.224 e. The summed E-state index contributed by atoms with van der Waals surface area (Å²) in [5, 5.41) is 7.05. The van der Waals surface area contributed by atoms with Gasteiger partial charge in [0.05, 0.1) is 5.92 Å². The highest BCUT2D eigenvalue weighted by Gasteiger charge is 2.39. The third-order valence-electron chi connectivity index (χ3n) is 2.47. The Bertz CT molecular complexity index is 310. The van der Waals surface area contributed by atoms with E-state index in [-0.39, 0.29) is 17.9 Å². The lowest BCUT2D eigenvalue weighted by molar-refractivity contribution is -0.122. The zero-order valence-corrected chi connectivity index (χ0v) is 8.72. The SMILES string of the molecule is NC1CC1C(=O)NCCc1ccsc1. The van der Waals surface area contributed by atoms with Crippen molar-refractivity contribution in [3.05, 3.63) is 22.4 Å². The molecule has 1 aliphatic carbocycles. The molecule has 0 radical (unpaired) electrons. The van der Waals surface area contributed by atoms with E-state index in [9.17, 15) is 4.79 Å². The van der Waals surface area contributed by atoms with Crippen LogP contribution in [0.5, 0.6) is 0 Å². The highest BCUT2D eigenvalue weighted by atomic mass is 32.1. The molecule has 0 bridgehead atoms. The Morgan fingerprint density at radius 3 is 3.07 bits per heavy atom. The van der Waals surface area contributed by atoms with Gasteiger partial charge in [0.15, 0.2) is 0 Å². The second-order valence-electron chi connectivity index (χ2n) is 3.68. The Morgan fingerprint density at radius 2 is 2.50 bits per heavy atom. The molecule has 2 atom stereocenters. The fourth-order valence-electron chi connectivity index (χ4n) is 1.41. The Hall–Kier alpha value is -0.870. The van der Waals surface area contributed by atoms with E-state index in [0.29, 0.717) is 0 Å². The van der Waals surface area contributed by atoms with Gasteiger partial charge in [-0.25, -0.2) is 0 Å². The number of thiophene rings is 1. The van der Waals surface area contributed by atoms with Gasteiger partial charge >= 0.3 is 0 Å². The summed E-state index contributed by atoms with van der Waals surface area (Å²) < 4.78 is 0. The molecule has 1 aromatic rings. The van der Waals surface area contributed by atoms with E-state index in [1.807, 2.05) is 5.38 Å². The van der Waals surface area contributed by atoms with Crippen molar-refractivity contribution in [1.29, 1.82) is 0 Å². The van der Waals surface area contributed by atoms with Crippen molar-refractivity contribution in [2.75, 3.05) is 6.54 Å². The van der Waals surface area contributed by atoms with Gasteiger partial charge in [-0.05, 0) is 35.2 Å². The van der Waals surface area contributed by atoms with Gasteiger partial charge in [0.1, 0.15) is 0 Å². The molecule has 0 spiro atoms. The van der Waals surface area contributed by atoms with Crippen LogP contribution in [0.25, 0.3) is 0 Å². The number of hydrogen-bond acceptors (Lipinski definition) is 3. The van der Waals surface area contributed by atoms with Gasteiger partial charge in [0.25, 0.3) is 0 Å². The molecular formula is C10H14N2OS. The zero-order valence-electron chi connectivity index (χ0n) is 7.90. The van der Waals surface area contributed by atoms with Gasteiger partial charge in [-0.1, -0.05) is 0 Å². The van der Waals surface area contributed by atoms with Crippen LogP contribution in [0, 0.1) is 5.92 Å². The molecule has 0 aliphatic heterocycles. The number of rotatable bonds is 4. The molecule has 0 saturated heterocycles. The molecule has 2 unspecified atom stereocenters. The average molecular weight is 210 g/mol. The summed E-state index contributed by atoms with van der Waals surface area (Å²) in [6.07, 6.45) is 1.77. The maximum Gasteiger partial charge on any atom is 0.224 e. The average Bonchev–Trinajstić information content (AvgIpc) is 2.68. The standard InChI is InChI=1S/C10H14N2OS/c11-9-5-8(9)10(13)12-3-1-7-2-4-14-6-7/h2,4,6,8-9H,1,3,5,11H2,(H,12,13). The molecule has 1 aliphatic rings. The summed E-state index contributed by atoms with van der Waals surface area (Å²) in [5.74, 6) is 0.199. The summed E-state index contributed by atoms with van der Waals surface area (Å²) >= 11 is 1.68. The van der Waals surface area contributed by atoms with Gasteiger partial charge in [-0.3, -0.25) is 4.79 Å². The lowest BCUT2D eigenvalue weighted by Crippen LogP contribution is -2.29. The van der Waals surface area contributed by atoms with Gasteiger partial charge in [0, 0.05) is 12.6 Å². The first-order chi connectivity index (χ1) is 6.77. The maximum absolute atomic E-state index is 11.4. The fraction of sp³-hybridized carbons (Fsp3) is 0.500. The largest absolute Gasteiger partial charge is 0.355 e. The lowest BCUT2D eigenvalue weighted by Gasteiger charge is -2.02. The van der Waals surface area contributed by atoms with Crippen LogP contribution in [-0.4, -0.2) is 18.5 Å². The number of carbonyl (C=O) groups is 1. The number of carbonyl (C=O) groups excluding carboxylic acids is 1. The molecular weight excluding hydrogens is 196 g/mol. The highest BCUT2D eigenvalue weighted by molar-refractivity contribution is 7.07. The van der Waals surface area contributed by atoms with Crippen molar-refractivity contribution in [2.24, 2.45) is 11.7 Å². The van der Waals surface area contributed by atoms with Crippen LogP contribution in [0.1, 0.15) is 12.0 Å². The van der Waals surface area contributed by atoms with E-state index in [1.165, 1.54) is 5.56 Å². The molecule has 1 fully saturated rings.